The summed E-state index contributed by atoms with van der Waals surface area (Å²) in [4.78, 5) is 26.3. The summed E-state index contributed by atoms with van der Waals surface area (Å²) in [5, 5.41) is 3.77. The van der Waals surface area contributed by atoms with Crippen LogP contribution >= 0.6 is 11.6 Å². The third-order valence-electron chi connectivity index (χ3n) is 5.15. The molecule has 3 rings (SSSR count). The summed E-state index contributed by atoms with van der Waals surface area (Å²) in [6.07, 6.45) is 0. The second-order valence-electron chi connectivity index (χ2n) is 8.51. The second kappa shape index (κ2) is 9.41. The second-order valence-corrected chi connectivity index (χ2v) is 10.4. The first-order chi connectivity index (χ1) is 15.5. The molecule has 174 valence electrons. The van der Waals surface area contributed by atoms with Gasteiger partial charge in [-0.25, -0.2) is 8.42 Å². The summed E-state index contributed by atoms with van der Waals surface area (Å²) in [6, 6.07) is 16.2. The molecule has 0 saturated carbocycles. The molecule has 3 aromatic rings. The Labute approximate surface area is 198 Å². The highest BCUT2D eigenvalue weighted by Crippen LogP contribution is 2.28. The average molecular weight is 488 g/mol. The lowest BCUT2D eigenvalue weighted by molar-refractivity contribution is -0.122. The molecule has 0 heterocycles. The van der Waals surface area contributed by atoms with Gasteiger partial charge in [-0.1, -0.05) is 24.3 Å². The Morgan fingerprint density at radius 1 is 0.909 bits per heavy atom. The summed E-state index contributed by atoms with van der Waals surface area (Å²) >= 11 is 5.84. The molecule has 0 aliphatic carbocycles. The molecule has 0 saturated heterocycles. The zero-order valence-corrected chi connectivity index (χ0v) is 20.4. The highest BCUT2D eigenvalue weighted by Gasteiger charge is 2.26. The average Bonchev–Trinajstić information content (AvgIpc) is 2.78. The van der Waals surface area contributed by atoms with E-state index in [1.54, 1.807) is 82.5 Å². The van der Waals surface area contributed by atoms with Crippen LogP contribution in [0.25, 0.3) is 10.8 Å². The fourth-order valence-electron chi connectivity index (χ4n) is 3.14. The van der Waals surface area contributed by atoms with Gasteiger partial charge >= 0.3 is 0 Å². The molecule has 0 aliphatic rings. The third-order valence-corrected chi connectivity index (χ3v) is 7.26. The first-order valence-electron chi connectivity index (χ1n) is 10.2. The number of benzene rings is 3. The molecule has 0 fully saturated rings. The van der Waals surface area contributed by atoms with Crippen LogP contribution in [-0.2, 0) is 14.8 Å². The minimum atomic E-state index is -3.95. The number of amides is 2. The van der Waals surface area contributed by atoms with Gasteiger partial charge in [0, 0.05) is 42.3 Å². The Kier molecular flexibility index (Phi) is 7.00. The number of rotatable bonds is 7. The maximum absolute atomic E-state index is 13.2. The van der Waals surface area contributed by atoms with Gasteiger partial charge < -0.3 is 10.2 Å². The van der Waals surface area contributed by atoms with Gasteiger partial charge in [-0.2, -0.15) is 0 Å². The molecule has 2 amide bonds. The maximum atomic E-state index is 13.2. The molecule has 7 nitrogen and oxygen atoms in total. The van der Waals surface area contributed by atoms with Crippen LogP contribution in [0.15, 0.2) is 65.6 Å². The van der Waals surface area contributed by atoms with E-state index in [1.165, 1.54) is 11.0 Å². The van der Waals surface area contributed by atoms with E-state index < -0.39 is 15.4 Å². The maximum Gasteiger partial charge on any atom is 0.262 e. The van der Waals surface area contributed by atoms with Gasteiger partial charge in [-0.05, 0) is 55.6 Å². The standard InChI is InChI=1S/C24H26ClN3O4S/c1-24(2,15-25)23(30)26-16-11-13-17(14-12-16)27-33(31,32)21-10-6-7-18-19(21)8-5-9-20(18)22(29)28(3)4/h5-14,27H,15H2,1-4H3,(H,26,30). The van der Waals surface area contributed by atoms with E-state index in [9.17, 15) is 18.0 Å². The van der Waals surface area contributed by atoms with Gasteiger partial charge in [-0.3, -0.25) is 14.3 Å². The van der Waals surface area contributed by atoms with Crippen LogP contribution in [0.2, 0.25) is 0 Å². The van der Waals surface area contributed by atoms with Crippen LogP contribution in [0.3, 0.4) is 0 Å². The van der Waals surface area contributed by atoms with Crippen LogP contribution in [0, 0.1) is 5.41 Å². The predicted molar refractivity (Wildman–Crippen MR) is 132 cm³/mol. The van der Waals surface area contributed by atoms with Gasteiger partial charge in [-0.15, -0.1) is 11.6 Å². The molecule has 33 heavy (non-hydrogen) atoms. The fourth-order valence-corrected chi connectivity index (χ4v) is 4.54. The van der Waals surface area contributed by atoms with Crippen molar-refractivity contribution < 1.29 is 18.0 Å². The van der Waals surface area contributed by atoms with Crippen LogP contribution in [-0.4, -0.2) is 45.1 Å². The number of carbonyl (C=O) groups is 2. The molecule has 9 heteroatoms. The van der Waals surface area contributed by atoms with Gasteiger partial charge in [0.25, 0.3) is 15.9 Å². The SMILES string of the molecule is CN(C)C(=O)c1cccc2c(S(=O)(=O)Nc3ccc(NC(=O)C(C)(C)CCl)cc3)cccc12. The monoisotopic (exact) mass is 487 g/mol. The summed E-state index contributed by atoms with van der Waals surface area (Å²) < 4.78 is 28.9. The number of anilines is 2. The Balaban J connectivity index is 1.89. The summed E-state index contributed by atoms with van der Waals surface area (Å²) in [6.45, 7) is 3.47. The zero-order chi connectivity index (χ0) is 24.4. The van der Waals surface area contributed by atoms with Crippen molar-refractivity contribution in [1.29, 1.82) is 0 Å². The van der Waals surface area contributed by atoms with E-state index in [-0.39, 0.29) is 22.6 Å². The van der Waals surface area contributed by atoms with E-state index in [1.807, 2.05) is 0 Å². The molecule has 0 aromatic heterocycles. The molecular weight excluding hydrogens is 462 g/mol. The van der Waals surface area contributed by atoms with Crippen LogP contribution in [0.1, 0.15) is 24.2 Å². The number of carbonyl (C=O) groups excluding carboxylic acids is 2. The minimum Gasteiger partial charge on any atom is -0.345 e. The molecule has 0 spiro atoms. The fraction of sp³-hybridized carbons (Fsp3) is 0.250. The van der Waals surface area contributed by atoms with E-state index in [0.717, 1.165) is 0 Å². The Morgan fingerprint density at radius 3 is 2.09 bits per heavy atom. The molecule has 0 atom stereocenters. The number of hydrogen-bond donors (Lipinski definition) is 2. The zero-order valence-electron chi connectivity index (χ0n) is 18.8. The minimum absolute atomic E-state index is 0.0645. The lowest BCUT2D eigenvalue weighted by atomic mass is 9.95. The number of nitrogens with one attached hydrogen (secondary N) is 2. The van der Waals surface area contributed by atoms with Crippen molar-refractivity contribution in [2.45, 2.75) is 18.7 Å². The van der Waals surface area contributed by atoms with Crippen molar-refractivity contribution in [1.82, 2.24) is 4.90 Å². The van der Waals surface area contributed by atoms with Gasteiger partial charge in [0.15, 0.2) is 0 Å². The van der Waals surface area contributed by atoms with Crippen LogP contribution < -0.4 is 10.0 Å². The Hall–Kier alpha value is -3.10. The molecule has 3 aromatic carbocycles. The quantitative estimate of drug-likeness (QED) is 0.478. The van der Waals surface area contributed by atoms with E-state index in [4.69, 9.17) is 11.6 Å². The molecule has 0 bridgehead atoms. The predicted octanol–water partition coefficient (Wildman–Crippen LogP) is 4.55. The first-order valence-corrected chi connectivity index (χ1v) is 12.2. The largest absolute Gasteiger partial charge is 0.345 e. The van der Waals surface area contributed by atoms with Crippen molar-refractivity contribution >= 4 is 55.6 Å². The number of nitrogens with zero attached hydrogens (tertiary/aromatic N) is 1. The van der Waals surface area contributed by atoms with Crippen molar-refractivity contribution in [3.8, 4) is 0 Å². The lowest BCUT2D eigenvalue weighted by Gasteiger charge is -2.20. The van der Waals surface area contributed by atoms with Crippen LogP contribution in [0.4, 0.5) is 11.4 Å². The molecule has 0 radical (unpaired) electrons. The number of hydrogen-bond acceptors (Lipinski definition) is 4. The Bertz CT molecular complexity index is 1300. The Morgan fingerprint density at radius 2 is 1.48 bits per heavy atom. The molecular formula is C24H26ClN3O4S. The first kappa shape index (κ1) is 24.5. The number of alkyl halides is 1. The van der Waals surface area contributed by atoms with Crippen molar-refractivity contribution in [2.24, 2.45) is 5.41 Å². The summed E-state index contributed by atoms with van der Waals surface area (Å²) in [5.41, 5.74) is 0.554. The van der Waals surface area contributed by atoms with Crippen molar-refractivity contribution in [3.05, 3.63) is 66.2 Å². The highest BCUT2D eigenvalue weighted by molar-refractivity contribution is 7.93. The van der Waals surface area contributed by atoms with Crippen molar-refractivity contribution in [2.75, 3.05) is 30.0 Å². The van der Waals surface area contributed by atoms with Crippen LogP contribution in [0.5, 0.6) is 0 Å². The number of sulfonamides is 1. The van der Waals surface area contributed by atoms with Gasteiger partial charge in [0.05, 0.1) is 10.3 Å². The summed E-state index contributed by atoms with van der Waals surface area (Å²) in [5.74, 6) is -0.272. The van der Waals surface area contributed by atoms with Crippen molar-refractivity contribution in [3.63, 3.8) is 0 Å². The van der Waals surface area contributed by atoms with E-state index >= 15 is 0 Å². The normalized spacial score (nSPS) is 11.8. The highest BCUT2D eigenvalue weighted by atomic mass is 35.5. The molecule has 0 aliphatic heterocycles. The molecule has 2 N–H and O–H groups in total. The number of fused-ring (bicyclic) bond motifs is 1. The number of halogens is 1. The van der Waals surface area contributed by atoms with Gasteiger partial charge in [0.1, 0.15) is 0 Å². The third kappa shape index (κ3) is 5.29. The molecule has 0 unspecified atom stereocenters. The smallest absolute Gasteiger partial charge is 0.262 e. The van der Waals surface area contributed by atoms with E-state index in [0.29, 0.717) is 27.7 Å². The van der Waals surface area contributed by atoms with E-state index in [2.05, 4.69) is 10.0 Å². The van der Waals surface area contributed by atoms with Gasteiger partial charge in [0.2, 0.25) is 5.91 Å². The topological polar surface area (TPSA) is 95.6 Å². The lowest BCUT2D eigenvalue weighted by Crippen LogP contribution is -2.32. The summed E-state index contributed by atoms with van der Waals surface area (Å²) in [7, 11) is -0.656.